The normalized spacial score (nSPS) is 22.0. The minimum atomic E-state index is -0.446. The van der Waals surface area contributed by atoms with Crippen LogP contribution >= 0.6 is 11.8 Å². The molecule has 0 atom stereocenters. The second-order valence-electron chi connectivity index (χ2n) is 8.44. The van der Waals surface area contributed by atoms with Gasteiger partial charge in [-0.2, -0.15) is 0 Å². The molecule has 0 radical (unpaired) electrons. The molecule has 9 heteroatoms. The van der Waals surface area contributed by atoms with Gasteiger partial charge in [0.1, 0.15) is 0 Å². The van der Waals surface area contributed by atoms with E-state index in [2.05, 4.69) is 17.2 Å². The Bertz CT molecular complexity index is 881. The number of hydrogen-bond acceptors (Lipinski definition) is 7. The van der Waals surface area contributed by atoms with E-state index in [1.807, 2.05) is 0 Å². The molecule has 0 spiro atoms. The number of imide groups is 1. The van der Waals surface area contributed by atoms with Gasteiger partial charge in [-0.3, -0.25) is 29.1 Å². The summed E-state index contributed by atoms with van der Waals surface area (Å²) in [6, 6.07) is 3.54. The van der Waals surface area contributed by atoms with Crippen LogP contribution in [0.25, 0.3) is 6.08 Å². The Balaban J connectivity index is 1.35. The molecule has 1 aliphatic heterocycles. The molecule has 178 valence electrons. The SMILES string of the molecule is CCCCC1CCC(C(=O)OCC(=O)NCCN2C(=O)S/C(=C\c3cccnc3)C2=O)CC1. The molecule has 3 rings (SSSR count). The van der Waals surface area contributed by atoms with Crippen molar-refractivity contribution in [2.24, 2.45) is 11.8 Å². The van der Waals surface area contributed by atoms with Crippen molar-refractivity contribution in [2.45, 2.75) is 51.9 Å². The second kappa shape index (κ2) is 12.5. The van der Waals surface area contributed by atoms with Gasteiger partial charge in [-0.25, -0.2) is 0 Å². The number of nitrogens with one attached hydrogen (secondary N) is 1. The molecule has 3 amide bonds. The molecule has 1 N–H and O–H groups in total. The van der Waals surface area contributed by atoms with Crippen molar-refractivity contribution in [3.8, 4) is 0 Å². The van der Waals surface area contributed by atoms with Gasteiger partial charge >= 0.3 is 5.97 Å². The summed E-state index contributed by atoms with van der Waals surface area (Å²) in [5.74, 6) is -0.587. The number of carbonyl (C=O) groups excluding carboxylic acids is 4. The lowest BCUT2D eigenvalue weighted by molar-refractivity contribution is -0.153. The van der Waals surface area contributed by atoms with Gasteiger partial charge in [0.05, 0.1) is 10.8 Å². The number of nitrogens with zero attached hydrogens (tertiary/aromatic N) is 2. The molecule has 1 aromatic heterocycles. The van der Waals surface area contributed by atoms with E-state index in [1.54, 1.807) is 30.6 Å². The maximum atomic E-state index is 12.5. The topological polar surface area (TPSA) is 106 Å². The number of unbranched alkanes of at least 4 members (excludes halogenated alkanes) is 1. The zero-order valence-corrected chi connectivity index (χ0v) is 19.8. The number of rotatable bonds is 10. The fourth-order valence-corrected chi connectivity index (χ4v) is 4.96. The average Bonchev–Trinajstić information content (AvgIpc) is 3.09. The lowest BCUT2D eigenvalue weighted by Gasteiger charge is -2.27. The monoisotopic (exact) mass is 473 g/mol. The number of hydrogen-bond donors (Lipinski definition) is 1. The van der Waals surface area contributed by atoms with Crippen LogP contribution in [-0.4, -0.2) is 52.6 Å². The molecule has 1 saturated heterocycles. The number of pyridine rings is 1. The molecule has 0 aromatic carbocycles. The van der Waals surface area contributed by atoms with Crippen LogP contribution in [0.5, 0.6) is 0 Å². The van der Waals surface area contributed by atoms with Crippen molar-refractivity contribution in [2.75, 3.05) is 19.7 Å². The summed E-state index contributed by atoms with van der Waals surface area (Å²) in [5, 5.41) is 2.22. The minimum absolute atomic E-state index is 0.0521. The first-order chi connectivity index (χ1) is 16.0. The largest absolute Gasteiger partial charge is 0.455 e. The maximum Gasteiger partial charge on any atom is 0.309 e. The summed E-state index contributed by atoms with van der Waals surface area (Å²) in [6.07, 6.45) is 12.2. The average molecular weight is 474 g/mol. The van der Waals surface area contributed by atoms with E-state index in [-0.39, 0.29) is 36.8 Å². The van der Waals surface area contributed by atoms with Gasteiger partial charge in [-0.15, -0.1) is 0 Å². The smallest absolute Gasteiger partial charge is 0.309 e. The summed E-state index contributed by atoms with van der Waals surface area (Å²) in [5.41, 5.74) is 0.729. The number of carbonyl (C=O) groups is 4. The van der Waals surface area contributed by atoms with Crippen molar-refractivity contribution in [1.29, 1.82) is 0 Å². The van der Waals surface area contributed by atoms with Gasteiger partial charge in [0, 0.05) is 25.5 Å². The van der Waals surface area contributed by atoms with Crippen LogP contribution in [0.3, 0.4) is 0 Å². The Morgan fingerprint density at radius 3 is 2.76 bits per heavy atom. The molecular weight excluding hydrogens is 442 g/mol. The molecule has 2 heterocycles. The molecule has 0 bridgehead atoms. The van der Waals surface area contributed by atoms with E-state index in [4.69, 9.17) is 4.74 Å². The van der Waals surface area contributed by atoms with Crippen LogP contribution in [0.15, 0.2) is 29.4 Å². The van der Waals surface area contributed by atoms with Gasteiger partial charge < -0.3 is 10.1 Å². The van der Waals surface area contributed by atoms with E-state index in [0.29, 0.717) is 10.8 Å². The fourth-order valence-electron chi connectivity index (χ4n) is 4.10. The first-order valence-corrected chi connectivity index (χ1v) is 12.4. The van der Waals surface area contributed by atoms with E-state index in [9.17, 15) is 19.2 Å². The van der Waals surface area contributed by atoms with Crippen molar-refractivity contribution in [3.63, 3.8) is 0 Å². The maximum absolute atomic E-state index is 12.5. The predicted octanol–water partition coefficient (Wildman–Crippen LogP) is 3.77. The lowest BCUT2D eigenvalue weighted by atomic mass is 9.80. The zero-order valence-electron chi connectivity index (χ0n) is 19.0. The van der Waals surface area contributed by atoms with E-state index in [1.165, 1.54) is 19.3 Å². The number of amides is 3. The first-order valence-electron chi connectivity index (χ1n) is 11.6. The van der Waals surface area contributed by atoms with Crippen LogP contribution in [-0.2, 0) is 19.1 Å². The van der Waals surface area contributed by atoms with Crippen LogP contribution in [0.1, 0.15) is 57.4 Å². The van der Waals surface area contributed by atoms with Gasteiger partial charge in [0.2, 0.25) is 0 Å². The van der Waals surface area contributed by atoms with Crippen LogP contribution in [0.4, 0.5) is 4.79 Å². The lowest BCUT2D eigenvalue weighted by Crippen LogP contribution is -2.39. The highest BCUT2D eigenvalue weighted by molar-refractivity contribution is 8.18. The predicted molar refractivity (Wildman–Crippen MR) is 126 cm³/mol. The van der Waals surface area contributed by atoms with Gasteiger partial charge in [0.15, 0.2) is 6.61 Å². The number of thioether (sulfide) groups is 1. The highest BCUT2D eigenvalue weighted by Crippen LogP contribution is 2.33. The minimum Gasteiger partial charge on any atom is -0.455 e. The summed E-state index contributed by atoms with van der Waals surface area (Å²) in [7, 11) is 0. The third kappa shape index (κ3) is 7.42. The molecule has 8 nitrogen and oxygen atoms in total. The number of esters is 1. The standard InChI is InChI=1S/C24H31N3O5S/c1-2-3-5-17-7-9-19(10-8-17)23(30)32-16-21(28)26-12-13-27-22(29)20(33-24(27)31)14-18-6-4-11-25-15-18/h4,6,11,14-15,17,19H,2-3,5,7-10,12-13,16H2,1H3,(H,26,28)/b20-14-. The molecule has 2 fully saturated rings. The van der Waals surface area contributed by atoms with Crippen molar-refractivity contribution < 1.29 is 23.9 Å². The zero-order chi connectivity index (χ0) is 23.6. The Kier molecular flexibility index (Phi) is 9.47. The Morgan fingerprint density at radius 2 is 2.06 bits per heavy atom. The molecule has 0 unspecified atom stereocenters. The molecular formula is C24H31N3O5S. The Labute approximate surface area is 198 Å². The molecule has 1 aliphatic carbocycles. The Morgan fingerprint density at radius 1 is 1.27 bits per heavy atom. The third-order valence-electron chi connectivity index (χ3n) is 6.00. The summed E-state index contributed by atoms with van der Waals surface area (Å²) in [4.78, 5) is 54.3. The van der Waals surface area contributed by atoms with Gasteiger partial charge in [0.25, 0.3) is 17.1 Å². The van der Waals surface area contributed by atoms with E-state index < -0.39 is 11.8 Å². The second-order valence-corrected chi connectivity index (χ2v) is 9.43. The van der Waals surface area contributed by atoms with Crippen LogP contribution < -0.4 is 5.32 Å². The molecule has 33 heavy (non-hydrogen) atoms. The van der Waals surface area contributed by atoms with E-state index in [0.717, 1.165) is 47.9 Å². The van der Waals surface area contributed by atoms with Crippen molar-refractivity contribution in [1.82, 2.24) is 15.2 Å². The quantitative estimate of drug-likeness (QED) is 0.407. The molecule has 1 saturated carbocycles. The highest BCUT2D eigenvalue weighted by Gasteiger charge is 2.34. The number of aromatic nitrogens is 1. The van der Waals surface area contributed by atoms with Gasteiger partial charge in [-0.1, -0.05) is 32.3 Å². The summed E-state index contributed by atoms with van der Waals surface area (Å²) in [6.45, 7) is 1.98. The third-order valence-corrected chi connectivity index (χ3v) is 6.91. The molecule has 2 aliphatic rings. The van der Waals surface area contributed by atoms with E-state index >= 15 is 0 Å². The summed E-state index contributed by atoms with van der Waals surface area (Å²) < 4.78 is 5.19. The number of ether oxygens (including phenoxy) is 1. The highest BCUT2D eigenvalue weighted by atomic mass is 32.2. The molecule has 1 aromatic rings. The first kappa shape index (κ1) is 25.0. The van der Waals surface area contributed by atoms with Crippen molar-refractivity contribution >= 4 is 40.9 Å². The van der Waals surface area contributed by atoms with Crippen LogP contribution in [0, 0.1) is 11.8 Å². The Hall–Kier alpha value is -2.68. The van der Waals surface area contributed by atoms with Gasteiger partial charge in [-0.05, 0) is 61.1 Å². The van der Waals surface area contributed by atoms with Crippen molar-refractivity contribution in [3.05, 3.63) is 35.0 Å². The fraction of sp³-hybridized carbons (Fsp3) is 0.542. The summed E-state index contributed by atoms with van der Waals surface area (Å²) >= 11 is 0.858. The van der Waals surface area contributed by atoms with Crippen LogP contribution in [0.2, 0.25) is 0 Å².